The molecule has 1 rings (SSSR count). The molecule has 0 fully saturated rings. The third kappa shape index (κ3) is 15.5. The normalized spacial score (nSPS) is 12.7. The maximum absolute atomic E-state index is 14.4. The van der Waals surface area contributed by atoms with Crippen LogP contribution in [0.1, 0.15) is 109 Å². The number of nitrogens with zero attached hydrogens (tertiary/aromatic N) is 1. The molecule has 0 saturated heterocycles. The second-order valence-electron chi connectivity index (χ2n) is 11.9. The number of unbranched alkanes of at least 4 members (excludes halogenated alkanes) is 5. The van der Waals surface area contributed by atoms with Gasteiger partial charge >= 0.3 is 12.1 Å². The summed E-state index contributed by atoms with van der Waals surface area (Å²) >= 11 is 1.58. The molecule has 0 spiro atoms. The van der Waals surface area contributed by atoms with Crippen LogP contribution in [0.15, 0.2) is 18.2 Å². The molecule has 3 amide bonds. The van der Waals surface area contributed by atoms with E-state index in [0.717, 1.165) is 43.2 Å². The summed E-state index contributed by atoms with van der Waals surface area (Å²) < 4.78 is 10.5. The molecule has 0 radical (unpaired) electrons. The number of hydrogen-bond acceptors (Lipinski definition) is 7. The summed E-state index contributed by atoms with van der Waals surface area (Å²) in [7, 11) is 0. The number of amides is 3. The molecule has 0 aliphatic heterocycles. The van der Waals surface area contributed by atoms with Gasteiger partial charge in [0.2, 0.25) is 11.8 Å². The fourth-order valence-electron chi connectivity index (χ4n) is 4.83. The smallest absolute Gasteiger partial charge is 0.408 e. The summed E-state index contributed by atoms with van der Waals surface area (Å²) in [6, 6.07) is 4.04. The van der Waals surface area contributed by atoms with E-state index in [-0.39, 0.29) is 31.4 Å². The van der Waals surface area contributed by atoms with Crippen molar-refractivity contribution in [3.05, 3.63) is 34.9 Å². The minimum Gasteiger partial charge on any atom is -0.466 e. The van der Waals surface area contributed by atoms with Crippen molar-refractivity contribution in [3.63, 3.8) is 0 Å². The average molecular weight is 622 g/mol. The summed E-state index contributed by atoms with van der Waals surface area (Å²) in [5.41, 5.74) is 1.90. The molecule has 1 aromatic rings. The van der Waals surface area contributed by atoms with Crippen LogP contribution in [0.2, 0.25) is 0 Å². The van der Waals surface area contributed by atoms with E-state index in [9.17, 15) is 19.2 Å². The highest BCUT2D eigenvalue weighted by atomic mass is 32.2. The number of nitrogens with one attached hydrogen (secondary N) is 2. The van der Waals surface area contributed by atoms with E-state index < -0.39 is 29.7 Å². The van der Waals surface area contributed by atoms with Crippen LogP contribution in [0.4, 0.5) is 4.79 Å². The first kappa shape index (κ1) is 38.3. The van der Waals surface area contributed by atoms with Gasteiger partial charge < -0.3 is 25.0 Å². The molecule has 2 atom stereocenters. The number of rotatable bonds is 19. The van der Waals surface area contributed by atoms with Crippen LogP contribution in [-0.2, 0) is 23.9 Å². The second-order valence-corrected chi connectivity index (χ2v) is 12.9. The Bertz CT molecular complexity index is 1010. The number of ether oxygens (including phenoxy) is 2. The third-order valence-electron chi connectivity index (χ3n) is 6.69. The van der Waals surface area contributed by atoms with Gasteiger partial charge in [0.1, 0.15) is 17.7 Å². The van der Waals surface area contributed by atoms with Gasteiger partial charge in [0.25, 0.3) is 0 Å². The molecule has 10 heteroatoms. The predicted octanol–water partition coefficient (Wildman–Crippen LogP) is 6.25. The number of thioether (sulfide) groups is 1. The quantitative estimate of drug-likeness (QED) is 0.139. The van der Waals surface area contributed by atoms with Gasteiger partial charge in [0, 0.05) is 13.1 Å². The molecular weight excluding hydrogens is 566 g/mol. The molecule has 0 aliphatic carbocycles. The molecule has 1 aromatic carbocycles. The lowest BCUT2D eigenvalue weighted by molar-refractivity contribution is -0.144. The highest BCUT2D eigenvalue weighted by molar-refractivity contribution is 7.98. The van der Waals surface area contributed by atoms with Gasteiger partial charge in [-0.25, -0.2) is 4.79 Å². The average Bonchev–Trinajstić information content (AvgIpc) is 2.90. The highest BCUT2D eigenvalue weighted by Gasteiger charge is 2.36. The lowest BCUT2D eigenvalue weighted by Gasteiger charge is -2.35. The molecule has 244 valence electrons. The van der Waals surface area contributed by atoms with Gasteiger partial charge in [0.05, 0.1) is 13.0 Å². The Hall–Kier alpha value is -2.75. The number of aryl methyl sites for hydroxylation is 2. The first-order chi connectivity index (χ1) is 20.3. The molecule has 0 aliphatic rings. The maximum atomic E-state index is 14.4. The zero-order valence-corrected chi connectivity index (χ0v) is 28.5. The minimum atomic E-state index is -0.943. The van der Waals surface area contributed by atoms with Crippen LogP contribution in [0.25, 0.3) is 0 Å². The van der Waals surface area contributed by atoms with Crippen molar-refractivity contribution < 1.29 is 28.7 Å². The Morgan fingerprint density at radius 2 is 1.58 bits per heavy atom. The van der Waals surface area contributed by atoms with E-state index in [4.69, 9.17) is 9.47 Å². The van der Waals surface area contributed by atoms with Gasteiger partial charge in [-0.3, -0.25) is 14.4 Å². The fourth-order valence-corrected chi connectivity index (χ4v) is 5.30. The Labute approximate surface area is 263 Å². The van der Waals surface area contributed by atoms with Crippen molar-refractivity contribution in [1.82, 2.24) is 15.5 Å². The van der Waals surface area contributed by atoms with E-state index in [1.54, 1.807) is 44.4 Å². The summed E-state index contributed by atoms with van der Waals surface area (Å²) in [6.07, 6.45) is 7.78. The summed E-state index contributed by atoms with van der Waals surface area (Å²) in [5.74, 6) is -0.478. The van der Waals surface area contributed by atoms with Crippen molar-refractivity contribution in [1.29, 1.82) is 0 Å². The van der Waals surface area contributed by atoms with Gasteiger partial charge in [-0.15, -0.1) is 0 Å². The predicted molar refractivity (Wildman–Crippen MR) is 174 cm³/mol. The molecule has 43 heavy (non-hydrogen) atoms. The van der Waals surface area contributed by atoms with Crippen molar-refractivity contribution in [2.75, 3.05) is 31.7 Å². The number of alkyl carbamates (subject to hydrolysis) is 1. The van der Waals surface area contributed by atoms with Crippen molar-refractivity contribution >= 4 is 35.6 Å². The summed E-state index contributed by atoms with van der Waals surface area (Å²) in [5, 5.41) is 5.66. The monoisotopic (exact) mass is 621 g/mol. The van der Waals surface area contributed by atoms with E-state index >= 15 is 0 Å². The van der Waals surface area contributed by atoms with Crippen LogP contribution >= 0.6 is 11.8 Å². The topological polar surface area (TPSA) is 114 Å². The summed E-state index contributed by atoms with van der Waals surface area (Å²) in [4.78, 5) is 54.6. The molecule has 2 unspecified atom stereocenters. The standard InChI is InChI=1S/C33H55N3O6S/c1-9-11-12-13-14-15-19-36(31(39)27(17-20-43-8)35-32(40)42-33(5,6)7)29(26-22-24(3)21-25(4)23-26)30(38)34-18-16-28(37)41-10-2/h21-23,27,29H,9-20H2,1-8H3,(H,34,38)(H,35,40). The zero-order valence-electron chi connectivity index (χ0n) is 27.7. The number of carbonyl (C=O) groups is 4. The molecule has 9 nitrogen and oxygen atoms in total. The van der Waals surface area contributed by atoms with Crippen LogP contribution in [0, 0.1) is 13.8 Å². The maximum Gasteiger partial charge on any atom is 0.408 e. The third-order valence-corrected chi connectivity index (χ3v) is 7.33. The van der Waals surface area contributed by atoms with E-state index in [1.165, 1.54) is 0 Å². The van der Waals surface area contributed by atoms with E-state index in [0.29, 0.717) is 30.7 Å². The highest BCUT2D eigenvalue weighted by Crippen LogP contribution is 2.26. The Morgan fingerprint density at radius 3 is 2.16 bits per heavy atom. The molecular formula is C33H55N3O6S. The minimum absolute atomic E-state index is 0.0288. The van der Waals surface area contributed by atoms with Crippen LogP contribution in [0.3, 0.4) is 0 Å². The van der Waals surface area contributed by atoms with Gasteiger partial charge in [-0.05, 0) is 72.0 Å². The first-order valence-electron chi connectivity index (χ1n) is 15.6. The van der Waals surface area contributed by atoms with Crippen LogP contribution in [0.5, 0.6) is 0 Å². The van der Waals surface area contributed by atoms with Gasteiger partial charge in [0.15, 0.2) is 0 Å². The number of benzene rings is 1. The Balaban J connectivity index is 3.47. The first-order valence-corrected chi connectivity index (χ1v) is 17.0. The molecule has 0 aromatic heterocycles. The molecule has 0 bridgehead atoms. The number of hydrogen-bond donors (Lipinski definition) is 2. The Morgan fingerprint density at radius 1 is 0.953 bits per heavy atom. The molecule has 2 N–H and O–H groups in total. The Kier molecular flexibility index (Phi) is 18.0. The van der Waals surface area contributed by atoms with Gasteiger partial charge in [-0.2, -0.15) is 11.8 Å². The molecule has 0 heterocycles. The van der Waals surface area contributed by atoms with Crippen molar-refractivity contribution in [2.45, 2.75) is 118 Å². The van der Waals surface area contributed by atoms with E-state index in [1.807, 2.05) is 38.3 Å². The number of carbonyl (C=O) groups excluding carboxylic acids is 4. The number of esters is 1. The van der Waals surface area contributed by atoms with Crippen LogP contribution in [-0.4, -0.2) is 72.1 Å². The van der Waals surface area contributed by atoms with Crippen LogP contribution < -0.4 is 10.6 Å². The lowest BCUT2D eigenvalue weighted by Crippen LogP contribution is -2.53. The zero-order chi connectivity index (χ0) is 32.4. The molecule has 0 saturated carbocycles. The fraction of sp³-hybridized carbons (Fsp3) is 0.697. The summed E-state index contributed by atoms with van der Waals surface area (Å²) in [6.45, 7) is 13.8. The second kappa shape index (κ2) is 20.3. The van der Waals surface area contributed by atoms with E-state index in [2.05, 4.69) is 17.6 Å². The lowest BCUT2D eigenvalue weighted by atomic mass is 9.97. The largest absolute Gasteiger partial charge is 0.466 e. The van der Waals surface area contributed by atoms with Crippen molar-refractivity contribution in [3.8, 4) is 0 Å². The van der Waals surface area contributed by atoms with Gasteiger partial charge in [-0.1, -0.05) is 68.4 Å². The van der Waals surface area contributed by atoms with Crippen molar-refractivity contribution in [2.24, 2.45) is 0 Å². The SMILES string of the molecule is CCCCCCCCN(C(=O)C(CCSC)NC(=O)OC(C)(C)C)C(C(=O)NCCC(=O)OCC)c1cc(C)cc(C)c1.